The number of hydrogen-bond acceptors (Lipinski definition) is 3. The lowest BCUT2D eigenvalue weighted by atomic mass is 9.99. The maximum absolute atomic E-state index is 6.30. The van der Waals surface area contributed by atoms with Crippen LogP contribution in [0.4, 0.5) is 0 Å². The van der Waals surface area contributed by atoms with Crippen molar-refractivity contribution in [3.8, 4) is 11.5 Å². The zero-order chi connectivity index (χ0) is 14.7. The molecule has 0 aliphatic heterocycles. The molecule has 0 heterocycles. The highest BCUT2D eigenvalue weighted by Crippen LogP contribution is 2.36. The molecule has 0 amide bonds. The van der Waals surface area contributed by atoms with Crippen LogP contribution in [-0.2, 0) is 0 Å². The van der Waals surface area contributed by atoms with Gasteiger partial charge in [-0.3, -0.25) is 0 Å². The highest BCUT2D eigenvalue weighted by molar-refractivity contribution is 14.1. The number of methoxy groups -OCH3 is 2. The van der Waals surface area contributed by atoms with Crippen molar-refractivity contribution >= 4 is 34.2 Å². The Kier molecular flexibility index (Phi) is 5.12. The third-order valence-electron chi connectivity index (χ3n) is 3.07. The van der Waals surface area contributed by atoms with Crippen LogP contribution in [0.2, 0.25) is 5.02 Å². The number of halogens is 2. The monoisotopic (exact) mass is 403 g/mol. The van der Waals surface area contributed by atoms with E-state index in [1.807, 2.05) is 30.3 Å². The zero-order valence-corrected chi connectivity index (χ0v) is 14.1. The van der Waals surface area contributed by atoms with Gasteiger partial charge in [0.1, 0.15) is 0 Å². The van der Waals surface area contributed by atoms with E-state index in [9.17, 15) is 0 Å². The molecule has 5 heteroatoms. The summed E-state index contributed by atoms with van der Waals surface area (Å²) < 4.78 is 11.7. The molecule has 0 fully saturated rings. The van der Waals surface area contributed by atoms with Crippen molar-refractivity contribution < 1.29 is 9.47 Å². The summed E-state index contributed by atoms with van der Waals surface area (Å²) in [6.07, 6.45) is 0. The maximum atomic E-state index is 6.30. The maximum Gasteiger partial charge on any atom is 0.162 e. The fourth-order valence-corrected chi connectivity index (χ4v) is 2.59. The van der Waals surface area contributed by atoms with E-state index in [0.717, 1.165) is 14.7 Å². The first-order chi connectivity index (χ1) is 9.56. The number of hydrogen-bond donors (Lipinski definition) is 1. The fraction of sp³-hybridized carbons (Fsp3) is 0.200. The third-order valence-corrected chi connectivity index (χ3v) is 4.11. The number of rotatable bonds is 4. The Hall–Kier alpha value is -0.980. The van der Waals surface area contributed by atoms with Crippen LogP contribution in [0.5, 0.6) is 11.5 Å². The van der Waals surface area contributed by atoms with Gasteiger partial charge in [0.05, 0.1) is 20.3 Å². The molecule has 1 atom stereocenters. The minimum Gasteiger partial charge on any atom is -0.493 e. The van der Waals surface area contributed by atoms with E-state index in [0.29, 0.717) is 16.5 Å². The van der Waals surface area contributed by atoms with Crippen molar-refractivity contribution in [1.29, 1.82) is 0 Å². The third kappa shape index (κ3) is 3.19. The molecule has 20 heavy (non-hydrogen) atoms. The molecule has 0 saturated carbocycles. The number of ether oxygens (including phenoxy) is 2. The molecule has 0 saturated heterocycles. The predicted octanol–water partition coefficient (Wildman–Crippen LogP) is 4.01. The summed E-state index contributed by atoms with van der Waals surface area (Å²) in [5.74, 6) is 1.21. The second kappa shape index (κ2) is 6.65. The van der Waals surface area contributed by atoms with Gasteiger partial charge in [-0.1, -0.05) is 23.7 Å². The van der Waals surface area contributed by atoms with Crippen molar-refractivity contribution in [2.24, 2.45) is 5.73 Å². The largest absolute Gasteiger partial charge is 0.493 e. The van der Waals surface area contributed by atoms with Crippen molar-refractivity contribution in [3.05, 3.63) is 56.1 Å². The van der Waals surface area contributed by atoms with Crippen LogP contribution >= 0.6 is 34.2 Å². The lowest BCUT2D eigenvalue weighted by Crippen LogP contribution is -2.12. The first kappa shape index (κ1) is 15.4. The Morgan fingerprint density at radius 1 is 1.05 bits per heavy atom. The molecule has 0 aromatic heterocycles. The van der Waals surface area contributed by atoms with Crippen LogP contribution in [0.1, 0.15) is 17.2 Å². The van der Waals surface area contributed by atoms with Crippen LogP contribution in [0.3, 0.4) is 0 Å². The summed E-state index contributed by atoms with van der Waals surface area (Å²) in [6, 6.07) is 11.3. The van der Waals surface area contributed by atoms with Crippen molar-refractivity contribution in [2.45, 2.75) is 6.04 Å². The Morgan fingerprint density at radius 3 is 2.15 bits per heavy atom. The average Bonchev–Trinajstić information content (AvgIpc) is 2.47. The van der Waals surface area contributed by atoms with Gasteiger partial charge in [0.15, 0.2) is 11.5 Å². The van der Waals surface area contributed by atoms with Gasteiger partial charge in [0, 0.05) is 14.7 Å². The fourth-order valence-electron chi connectivity index (χ4n) is 1.96. The minimum absolute atomic E-state index is 0.306. The Balaban J connectivity index is 2.43. The van der Waals surface area contributed by atoms with E-state index in [1.54, 1.807) is 20.3 Å². The second-order valence-corrected chi connectivity index (χ2v) is 5.91. The first-order valence-electron chi connectivity index (χ1n) is 5.99. The summed E-state index contributed by atoms with van der Waals surface area (Å²) >= 11 is 8.55. The second-order valence-electron chi connectivity index (χ2n) is 4.26. The summed E-state index contributed by atoms with van der Waals surface area (Å²) in [6.45, 7) is 0. The van der Waals surface area contributed by atoms with Gasteiger partial charge in [-0.05, 0) is 51.9 Å². The molecule has 0 aliphatic rings. The molecule has 2 rings (SSSR count). The van der Waals surface area contributed by atoms with Crippen LogP contribution in [0, 0.1) is 3.57 Å². The smallest absolute Gasteiger partial charge is 0.162 e. The van der Waals surface area contributed by atoms with Crippen LogP contribution in [-0.4, -0.2) is 14.2 Å². The van der Waals surface area contributed by atoms with E-state index in [2.05, 4.69) is 22.6 Å². The predicted molar refractivity (Wildman–Crippen MR) is 89.7 cm³/mol. The van der Waals surface area contributed by atoms with Crippen molar-refractivity contribution in [2.75, 3.05) is 14.2 Å². The van der Waals surface area contributed by atoms with E-state index < -0.39 is 0 Å². The highest BCUT2D eigenvalue weighted by atomic mass is 127. The van der Waals surface area contributed by atoms with Gasteiger partial charge < -0.3 is 15.2 Å². The normalized spacial score (nSPS) is 12.1. The molecular weight excluding hydrogens is 389 g/mol. The number of benzene rings is 2. The van der Waals surface area contributed by atoms with Crippen LogP contribution in [0.25, 0.3) is 0 Å². The van der Waals surface area contributed by atoms with Crippen LogP contribution < -0.4 is 15.2 Å². The quantitative estimate of drug-likeness (QED) is 0.785. The van der Waals surface area contributed by atoms with E-state index in [-0.39, 0.29) is 6.04 Å². The van der Waals surface area contributed by atoms with Crippen molar-refractivity contribution in [3.63, 3.8) is 0 Å². The minimum atomic E-state index is -0.306. The SMILES string of the molecule is COc1cc(Cl)c(C(N)c2ccc(I)cc2)cc1OC. The molecule has 0 spiro atoms. The molecule has 2 aromatic rings. The standard InChI is InChI=1S/C15H15ClINO2/c1-19-13-7-11(12(16)8-14(13)20-2)15(18)9-3-5-10(17)6-4-9/h3-8,15H,18H2,1-2H3. The molecule has 106 valence electrons. The molecule has 0 bridgehead atoms. The zero-order valence-electron chi connectivity index (χ0n) is 11.2. The van der Waals surface area contributed by atoms with E-state index >= 15 is 0 Å². The highest BCUT2D eigenvalue weighted by Gasteiger charge is 2.16. The van der Waals surface area contributed by atoms with Crippen molar-refractivity contribution in [1.82, 2.24) is 0 Å². The molecule has 1 unspecified atom stereocenters. The summed E-state index contributed by atoms with van der Waals surface area (Å²) in [7, 11) is 3.17. The van der Waals surface area contributed by atoms with Gasteiger partial charge in [-0.15, -0.1) is 0 Å². The van der Waals surface area contributed by atoms with Crippen LogP contribution in [0.15, 0.2) is 36.4 Å². The first-order valence-corrected chi connectivity index (χ1v) is 7.45. The average molecular weight is 404 g/mol. The Labute approximate surface area is 137 Å². The van der Waals surface area contributed by atoms with Gasteiger partial charge in [-0.25, -0.2) is 0 Å². The molecule has 2 aromatic carbocycles. The van der Waals surface area contributed by atoms with Gasteiger partial charge in [-0.2, -0.15) is 0 Å². The summed E-state index contributed by atoms with van der Waals surface area (Å²) in [4.78, 5) is 0. The molecule has 0 aliphatic carbocycles. The van der Waals surface area contributed by atoms with Gasteiger partial charge in [0.25, 0.3) is 0 Å². The Bertz CT molecular complexity index is 602. The van der Waals surface area contributed by atoms with E-state index in [1.165, 1.54) is 0 Å². The topological polar surface area (TPSA) is 44.5 Å². The van der Waals surface area contributed by atoms with E-state index in [4.69, 9.17) is 26.8 Å². The lowest BCUT2D eigenvalue weighted by Gasteiger charge is -2.17. The lowest BCUT2D eigenvalue weighted by molar-refractivity contribution is 0.354. The van der Waals surface area contributed by atoms with Gasteiger partial charge in [0.2, 0.25) is 0 Å². The van der Waals surface area contributed by atoms with Gasteiger partial charge >= 0.3 is 0 Å². The summed E-state index contributed by atoms with van der Waals surface area (Å²) in [5, 5.41) is 0.564. The molecule has 3 nitrogen and oxygen atoms in total. The number of nitrogens with two attached hydrogens (primary N) is 1. The molecular formula is C15H15ClINO2. The molecule has 2 N–H and O–H groups in total. The summed E-state index contributed by atoms with van der Waals surface area (Å²) in [5.41, 5.74) is 8.11. The molecule has 0 radical (unpaired) electrons. The Morgan fingerprint density at radius 2 is 1.60 bits per heavy atom.